The monoisotopic (exact) mass is 616 g/mol. The Kier molecular flexibility index (Phi) is 9.15. The fraction of sp³-hybridized carbons (Fsp3) is 0.212. The van der Waals surface area contributed by atoms with Crippen molar-refractivity contribution in [3.63, 3.8) is 0 Å². The number of imidazole rings is 1. The molecule has 3 aromatic carbocycles. The number of hydrogen-bond donors (Lipinski definition) is 2. The summed E-state index contributed by atoms with van der Waals surface area (Å²) in [5.74, 6) is -0.307. The zero-order chi connectivity index (χ0) is 30.6. The fourth-order valence-corrected chi connectivity index (χ4v) is 6.07. The van der Waals surface area contributed by atoms with Crippen LogP contribution >= 0.6 is 11.6 Å². The molecule has 43 heavy (non-hydrogen) atoms. The number of carbonyl (C=O) groups is 1. The number of aliphatic hydroxyl groups is 1. The van der Waals surface area contributed by atoms with Gasteiger partial charge in [0.1, 0.15) is 5.65 Å². The second kappa shape index (κ2) is 13.0. The highest BCUT2D eigenvalue weighted by Crippen LogP contribution is 2.25. The highest BCUT2D eigenvalue weighted by molar-refractivity contribution is 7.92. The van der Waals surface area contributed by atoms with E-state index in [9.17, 15) is 18.3 Å². The van der Waals surface area contributed by atoms with Crippen LogP contribution in [-0.2, 0) is 23.0 Å². The third-order valence-electron chi connectivity index (χ3n) is 7.31. The molecule has 5 rings (SSSR count). The average Bonchev–Trinajstić information content (AvgIpc) is 3.43. The van der Waals surface area contributed by atoms with Crippen LogP contribution in [0.15, 0.2) is 97.3 Å². The summed E-state index contributed by atoms with van der Waals surface area (Å²) in [5.41, 5.74) is 6.39. The molecule has 222 valence electrons. The van der Waals surface area contributed by atoms with Crippen molar-refractivity contribution in [3.8, 4) is 11.3 Å². The summed E-state index contributed by atoms with van der Waals surface area (Å²) in [6, 6.07) is 25.2. The van der Waals surface area contributed by atoms with Gasteiger partial charge in [0, 0.05) is 41.2 Å². The number of fused-ring (bicyclic) bond motifs is 1. The maximum Gasteiger partial charge on any atom is 0.251 e. The average molecular weight is 617 g/mol. The molecule has 0 fully saturated rings. The summed E-state index contributed by atoms with van der Waals surface area (Å²) in [4.78, 5) is 17.9. The topological polar surface area (TPSA) is 104 Å². The third kappa shape index (κ3) is 7.25. The molecule has 1 amide bonds. The lowest BCUT2D eigenvalue weighted by molar-refractivity contribution is 0.0930. The van der Waals surface area contributed by atoms with Gasteiger partial charge in [-0.25, -0.2) is 13.4 Å². The molecule has 0 aliphatic heterocycles. The van der Waals surface area contributed by atoms with Crippen molar-refractivity contribution < 1.29 is 18.3 Å². The van der Waals surface area contributed by atoms with Crippen LogP contribution in [0.5, 0.6) is 0 Å². The first-order valence-electron chi connectivity index (χ1n) is 13.9. The molecule has 10 heteroatoms. The zero-order valence-corrected chi connectivity index (χ0v) is 25.5. The molecule has 1 atom stereocenters. The lowest BCUT2D eigenvalue weighted by Gasteiger charge is -2.23. The summed E-state index contributed by atoms with van der Waals surface area (Å²) in [7, 11) is -3.62. The van der Waals surface area contributed by atoms with Crippen molar-refractivity contribution in [2.24, 2.45) is 0 Å². The molecule has 2 N–H and O–H groups in total. The van der Waals surface area contributed by atoms with Gasteiger partial charge in [-0.05, 0) is 72.9 Å². The summed E-state index contributed by atoms with van der Waals surface area (Å²) < 4.78 is 28.4. The molecular formula is C33H33ClN4O4S. The largest absolute Gasteiger partial charge is 0.396 e. The second-order valence-corrected chi connectivity index (χ2v) is 12.9. The van der Waals surface area contributed by atoms with Crippen LogP contribution in [0.1, 0.15) is 33.5 Å². The van der Waals surface area contributed by atoms with E-state index >= 15 is 0 Å². The Hall–Kier alpha value is -4.18. The Bertz CT molecular complexity index is 1840. The van der Waals surface area contributed by atoms with Crippen molar-refractivity contribution >= 4 is 38.9 Å². The molecule has 0 aliphatic carbocycles. The number of aryl methyl sites for hydroxylation is 1. The third-order valence-corrected chi connectivity index (χ3v) is 8.82. The predicted octanol–water partition coefficient (Wildman–Crippen LogP) is 5.65. The predicted molar refractivity (Wildman–Crippen MR) is 171 cm³/mol. The SMILES string of the molecule is Cc1cccn2cc(-c3ccc(C[C@@H](CCO)NC(=O)c4ccc(N(Cc5ccccc5Cl)S(C)(=O)=O)cc4)cc3)nc12. The highest BCUT2D eigenvalue weighted by Gasteiger charge is 2.20. The number of nitrogens with zero attached hydrogens (tertiary/aromatic N) is 3. The van der Waals surface area contributed by atoms with Crippen molar-refractivity contribution in [3.05, 3.63) is 125 Å². The van der Waals surface area contributed by atoms with Crippen LogP contribution in [0.4, 0.5) is 5.69 Å². The van der Waals surface area contributed by atoms with Crippen LogP contribution in [0, 0.1) is 6.92 Å². The number of sulfonamides is 1. The Morgan fingerprint density at radius 3 is 2.40 bits per heavy atom. The van der Waals surface area contributed by atoms with Gasteiger partial charge in [0.15, 0.2) is 0 Å². The number of benzene rings is 3. The number of hydrogen-bond acceptors (Lipinski definition) is 5. The van der Waals surface area contributed by atoms with Crippen LogP contribution in [0.25, 0.3) is 16.9 Å². The molecule has 5 aromatic rings. The van der Waals surface area contributed by atoms with E-state index in [1.165, 1.54) is 4.31 Å². The lowest BCUT2D eigenvalue weighted by atomic mass is 10.0. The van der Waals surface area contributed by atoms with E-state index in [1.54, 1.807) is 48.5 Å². The van der Waals surface area contributed by atoms with Crippen molar-refractivity contribution in [1.82, 2.24) is 14.7 Å². The Morgan fingerprint density at radius 1 is 1.02 bits per heavy atom. The van der Waals surface area contributed by atoms with E-state index in [0.717, 1.165) is 34.3 Å². The van der Waals surface area contributed by atoms with E-state index in [0.29, 0.717) is 34.7 Å². The first kappa shape index (κ1) is 30.3. The molecule has 8 nitrogen and oxygen atoms in total. The molecule has 0 bridgehead atoms. The maximum atomic E-state index is 13.1. The number of carbonyl (C=O) groups excluding carboxylic acids is 1. The molecule has 0 saturated heterocycles. The minimum Gasteiger partial charge on any atom is -0.396 e. The van der Waals surface area contributed by atoms with Crippen LogP contribution < -0.4 is 9.62 Å². The van der Waals surface area contributed by atoms with E-state index in [2.05, 4.69) is 5.32 Å². The van der Waals surface area contributed by atoms with E-state index < -0.39 is 10.0 Å². The minimum atomic E-state index is -3.62. The number of pyridine rings is 1. The fourth-order valence-electron chi connectivity index (χ4n) is 5.00. The Morgan fingerprint density at radius 2 is 1.74 bits per heavy atom. The number of aromatic nitrogens is 2. The van der Waals surface area contributed by atoms with Gasteiger partial charge in [0.2, 0.25) is 10.0 Å². The maximum absolute atomic E-state index is 13.1. The normalized spacial score (nSPS) is 12.3. The number of halogens is 1. The van der Waals surface area contributed by atoms with Crippen molar-refractivity contribution in [2.45, 2.75) is 32.4 Å². The van der Waals surface area contributed by atoms with Gasteiger partial charge in [0.05, 0.1) is 24.2 Å². The Balaban J connectivity index is 1.26. The quantitative estimate of drug-likeness (QED) is 0.200. The first-order chi connectivity index (χ1) is 20.6. The molecule has 0 saturated carbocycles. The number of amides is 1. The van der Waals surface area contributed by atoms with E-state index in [4.69, 9.17) is 16.6 Å². The molecule has 0 spiro atoms. The van der Waals surface area contributed by atoms with E-state index in [1.807, 2.05) is 60.1 Å². The van der Waals surface area contributed by atoms with E-state index in [-0.39, 0.29) is 25.1 Å². The summed E-state index contributed by atoms with van der Waals surface area (Å²) >= 11 is 6.26. The molecule has 0 unspecified atom stereocenters. The Labute approximate surface area is 256 Å². The standard InChI is InChI=1S/C33H33ClN4O4S/c1-23-6-5-18-37-22-31(36-32(23)37)25-11-9-24(10-12-25)20-28(17-19-39)35-33(40)26-13-15-29(16-14-26)38(43(2,41)42)21-27-7-3-4-8-30(27)34/h3-16,18,22,28,39H,17,19-21H2,1-2H3,(H,35,40)/t28-/m1/s1. The molecule has 0 aliphatic rings. The van der Waals surface area contributed by atoms with Crippen molar-refractivity contribution in [1.29, 1.82) is 0 Å². The summed E-state index contributed by atoms with van der Waals surface area (Å²) in [6.45, 7) is 2.03. The van der Waals surface area contributed by atoms with Crippen LogP contribution in [0.2, 0.25) is 5.02 Å². The first-order valence-corrected chi connectivity index (χ1v) is 16.1. The molecule has 2 aromatic heterocycles. The second-order valence-electron chi connectivity index (χ2n) is 10.5. The molecule has 0 radical (unpaired) electrons. The molecular weight excluding hydrogens is 584 g/mol. The van der Waals surface area contributed by atoms with Gasteiger partial charge in [-0.15, -0.1) is 0 Å². The summed E-state index contributed by atoms with van der Waals surface area (Å²) in [6.07, 6.45) is 6.04. The van der Waals surface area contributed by atoms with Crippen molar-refractivity contribution in [2.75, 3.05) is 17.2 Å². The van der Waals surface area contributed by atoms with Gasteiger partial charge in [-0.2, -0.15) is 0 Å². The van der Waals surface area contributed by atoms with Gasteiger partial charge in [-0.3, -0.25) is 9.10 Å². The minimum absolute atomic E-state index is 0.0677. The smallest absolute Gasteiger partial charge is 0.251 e. The van der Waals surface area contributed by atoms with Gasteiger partial charge in [-0.1, -0.05) is 60.1 Å². The van der Waals surface area contributed by atoms with Gasteiger partial charge < -0.3 is 14.8 Å². The molecule has 2 heterocycles. The van der Waals surface area contributed by atoms with Crippen LogP contribution in [0.3, 0.4) is 0 Å². The number of nitrogens with one attached hydrogen (secondary N) is 1. The zero-order valence-electron chi connectivity index (χ0n) is 23.9. The number of rotatable bonds is 11. The van der Waals surface area contributed by atoms with Gasteiger partial charge >= 0.3 is 0 Å². The lowest BCUT2D eigenvalue weighted by Crippen LogP contribution is -2.37. The number of anilines is 1. The van der Waals surface area contributed by atoms with Crippen LogP contribution in [-0.4, -0.2) is 47.7 Å². The van der Waals surface area contributed by atoms with Gasteiger partial charge in [0.25, 0.3) is 5.91 Å². The highest BCUT2D eigenvalue weighted by atomic mass is 35.5. The number of aliphatic hydroxyl groups excluding tert-OH is 1. The summed E-state index contributed by atoms with van der Waals surface area (Å²) in [5, 5.41) is 13.2.